The summed E-state index contributed by atoms with van der Waals surface area (Å²) in [5.74, 6) is 0. The Morgan fingerprint density at radius 3 is 1.82 bits per heavy atom. The molecule has 0 fully saturated rings. The first-order valence-electron chi connectivity index (χ1n) is 11.9. The van der Waals surface area contributed by atoms with E-state index in [1.165, 1.54) is 54.8 Å². The van der Waals surface area contributed by atoms with Crippen molar-refractivity contribution in [3.05, 3.63) is 78.1 Å². The summed E-state index contributed by atoms with van der Waals surface area (Å²) in [6.45, 7) is 4.44. The van der Waals surface area contributed by atoms with Crippen molar-refractivity contribution in [2.24, 2.45) is 0 Å². The quantitative estimate of drug-likeness (QED) is 0.282. The molecule has 0 atom stereocenters. The van der Waals surface area contributed by atoms with Gasteiger partial charge in [-0.15, -0.1) is 0 Å². The number of imidazole rings is 1. The molecule has 0 aliphatic heterocycles. The van der Waals surface area contributed by atoms with Crippen molar-refractivity contribution >= 4 is 17.1 Å². The summed E-state index contributed by atoms with van der Waals surface area (Å²) in [5, 5.41) is 0. The van der Waals surface area contributed by atoms with E-state index in [4.69, 9.17) is 4.74 Å². The minimum absolute atomic E-state index is 0.439. The summed E-state index contributed by atoms with van der Waals surface area (Å²) in [6.07, 6.45) is 8.07. The van der Waals surface area contributed by atoms with Crippen LogP contribution in [0.15, 0.2) is 67.0 Å². The lowest BCUT2D eigenvalue weighted by Gasteiger charge is -2.13. The third-order valence-corrected chi connectivity index (χ3v) is 6.23. The molecule has 0 N–H and O–H groups in total. The van der Waals surface area contributed by atoms with E-state index in [0.29, 0.717) is 0 Å². The van der Waals surface area contributed by atoms with Crippen LogP contribution in [0.1, 0.15) is 50.7 Å². The summed E-state index contributed by atoms with van der Waals surface area (Å²) in [7, 11) is 1.39. The summed E-state index contributed by atoms with van der Waals surface area (Å²) in [4.78, 5) is 16.7. The Morgan fingerprint density at radius 1 is 0.818 bits per heavy atom. The molecule has 170 valence electrons. The number of unbranched alkanes of at least 4 members (excludes halogenated alkanes) is 2. The van der Waals surface area contributed by atoms with E-state index in [1.54, 1.807) is 0 Å². The van der Waals surface area contributed by atoms with Crippen molar-refractivity contribution in [2.75, 3.05) is 7.11 Å². The summed E-state index contributed by atoms with van der Waals surface area (Å²) in [5.41, 5.74) is 8.69. The minimum atomic E-state index is -0.439. The summed E-state index contributed by atoms with van der Waals surface area (Å²) in [6, 6.07) is 21.8. The van der Waals surface area contributed by atoms with Gasteiger partial charge >= 0.3 is 6.09 Å². The minimum Gasteiger partial charge on any atom is -0.452 e. The lowest BCUT2D eigenvalue weighted by molar-refractivity contribution is 0.174. The van der Waals surface area contributed by atoms with Gasteiger partial charge in [0.25, 0.3) is 0 Å². The van der Waals surface area contributed by atoms with Crippen LogP contribution in [-0.2, 0) is 17.6 Å². The predicted molar refractivity (Wildman–Crippen MR) is 136 cm³/mol. The molecule has 1 heterocycles. The van der Waals surface area contributed by atoms with Gasteiger partial charge in [0.1, 0.15) is 6.33 Å². The second-order valence-corrected chi connectivity index (χ2v) is 8.57. The van der Waals surface area contributed by atoms with E-state index in [0.717, 1.165) is 46.1 Å². The van der Waals surface area contributed by atoms with Gasteiger partial charge in [0, 0.05) is 0 Å². The molecule has 0 aliphatic carbocycles. The average Bonchev–Trinajstić information content (AvgIpc) is 3.28. The highest BCUT2D eigenvalue weighted by atomic mass is 16.5. The van der Waals surface area contributed by atoms with Crippen LogP contribution in [0, 0.1) is 0 Å². The Kier molecular flexibility index (Phi) is 7.23. The second-order valence-electron chi connectivity index (χ2n) is 8.57. The van der Waals surface area contributed by atoms with Crippen LogP contribution in [0.3, 0.4) is 0 Å². The molecule has 0 unspecified atom stereocenters. The fraction of sp³-hybridized carbons (Fsp3) is 0.310. The molecule has 0 saturated carbocycles. The smallest absolute Gasteiger partial charge is 0.419 e. The standard InChI is InChI=1S/C29H32N2O2/c1-4-6-8-21-10-14-23(15-11-21)25-18-27-28(31(20-30-27)29(32)33-3)19-26(25)24-16-12-22(13-17-24)9-7-5-2/h10-20H,4-9H2,1-3H3. The van der Waals surface area contributed by atoms with E-state index >= 15 is 0 Å². The topological polar surface area (TPSA) is 44.1 Å². The van der Waals surface area contributed by atoms with E-state index in [9.17, 15) is 4.79 Å². The van der Waals surface area contributed by atoms with E-state index in [1.807, 2.05) is 0 Å². The molecular weight excluding hydrogens is 408 g/mol. The Morgan fingerprint density at radius 2 is 1.33 bits per heavy atom. The number of nitrogens with zero attached hydrogens (tertiary/aromatic N) is 2. The number of benzene rings is 3. The molecule has 0 aliphatic rings. The van der Waals surface area contributed by atoms with Crippen molar-refractivity contribution < 1.29 is 9.53 Å². The van der Waals surface area contributed by atoms with Crippen LogP contribution < -0.4 is 0 Å². The lowest BCUT2D eigenvalue weighted by atomic mass is 9.92. The molecule has 0 spiro atoms. The lowest BCUT2D eigenvalue weighted by Crippen LogP contribution is -2.09. The highest BCUT2D eigenvalue weighted by Gasteiger charge is 2.16. The van der Waals surface area contributed by atoms with Gasteiger partial charge in [-0.05, 0) is 71.2 Å². The Balaban J connectivity index is 1.81. The van der Waals surface area contributed by atoms with Gasteiger partial charge in [-0.2, -0.15) is 0 Å². The number of rotatable bonds is 8. The molecule has 4 rings (SSSR count). The first-order valence-corrected chi connectivity index (χ1v) is 11.9. The zero-order valence-electron chi connectivity index (χ0n) is 19.8. The predicted octanol–water partition coefficient (Wildman–Crippen LogP) is 7.67. The average molecular weight is 441 g/mol. The number of fused-ring (bicyclic) bond motifs is 1. The molecule has 1 aromatic heterocycles. The number of methoxy groups -OCH3 is 1. The van der Waals surface area contributed by atoms with E-state index in [-0.39, 0.29) is 0 Å². The molecule has 0 amide bonds. The molecule has 4 nitrogen and oxygen atoms in total. The number of aryl methyl sites for hydroxylation is 2. The normalized spacial score (nSPS) is 11.1. The number of ether oxygens (including phenoxy) is 1. The fourth-order valence-electron chi connectivity index (χ4n) is 4.24. The highest BCUT2D eigenvalue weighted by molar-refractivity contribution is 5.96. The van der Waals surface area contributed by atoms with Crippen LogP contribution in [0.5, 0.6) is 0 Å². The van der Waals surface area contributed by atoms with Crippen molar-refractivity contribution in [1.29, 1.82) is 0 Å². The molecule has 4 heteroatoms. The third-order valence-electron chi connectivity index (χ3n) is 6.23. The van der Waals surface area contributed by atoms with Crippen LogP contribution >= 0.6 is 0 Å². The molecule has 33 heavy (non-hydrogen) atoms. The van der Waals surface area contributed by atoms with Gasteiger partial charge in [0.2, 0.25) is 0 Å². The molecule has 4 aromatic rings. The van der Waals surface area contributed by atoms with Crippen LogP contribution in [-0.4, -0.2) is 22.8 Å². The Bertz CT molecular complexity index is 1220. The summed E-state index contributed by atoms with van der Waals surface area (Å²) >= 11 is 0. The number of carbonyl (C=O) groups is 1. The molecule has 0 saturated heterocycles. The third kappa shape index (κ3) is 5.00. The van der Waals surface area contributed by atoms with Crippen molar-refractivity contribution in [3.63, 3.8) is 0 Å². The second kappa shape index (κ2) is 10.5. The monoisotopic (exact) mass is 440 g/mol. The van der Waals surface area contributed by atoms with Crippen molar-refractivity contribution in [2.45, 2.75) is 52.4 Å². The summed E-state index contributed by atoms with van der Waals surface area (Å²) < 4.78 is 6.41. The Labute approximate surface area is 196 Å². The number of hydrogen-bond acceptors (Lipinski definition) is 3. The van der Waals surface area contributed by atoms with E-state index in [2.05, 4.69) is 79.5 Å². The molecule has 0 bridgehead atoms. The zero-order valence-corrected chi connectivity index (χ0v) is 19.8. The zero-order chi connectivity index (χ0) is 23.2. The van der Waals surface area contributed by atoms with E-state index < -0.39 is 6.09 Å². The molecule has 0 radical (unpaired) electrons. The van der Waals surface area contributed by atoms with Gasteiger partial charge in [0.05, 0.1) is 18.1 Å². The van der Waals surface area contributed by atoms with Gasteiger partial charge in [-0.3, -0.25) is 0 Å². The molecule has 3 aromatic carbocycles. The van der Waals surface area contributed by atoms with Crippen LogP contribution in [0.2, 0.25) is 0 Å². The number of carbonyl (C=O) groups excluding carboxylic acids is 1. The highest BCUT2D eigenvalue weighted by Crippen LogP contribution is 2.36. The van der Waals surface area contributed by atoms with Crippen molar-refractivity contribution in [1.82, 2.24) is 9.55 Å². The van der Waals surface area contributed by atoms with Gasteiger partial charge in [0.15, 0.2) is 0 Å². The van der Waals surface area contributed by atoms with Gasteiger partial charge in [-0.25, -0.2) is 14.3 Å². The fourth-order valence-corrected chi connectivity index (χ4v) is 4.24. The maximum Gasteiger partial charge on any atom is 0.419 e. The largest absolute Gasteiger partial charge is 0.452 e. The SMILES string of the molecule is CCCCc1ccc(-c2cc3ncn(C(=O)OC)c3cc2-c2ccc(CCCC)cc2)cc1. The van der Waals surface area contributed by atoms with Gasteiger partial charge in [-0.1, -0.05) is 75.2 Å². The maximum absolute atomic E-state index is 12.3. The number of aromatic nitrogens is 2. The first-order chi connectivity index (χ1) is 16.1. The van der Waals surface area contributed by atoms with Crippen LogP contribution in [0.4, 0.5) is 4.79 Å². The van der Waals surface area contributed by atoms with Gasteiger partial charge < -0.3 is 4.74 Å². The Hall–Kier alpha value is -3.40. The van der Waals surface area contributed by atoms with Crippen LogP contribution in [0.25, 0.3) is 33.3 Å². The number of hydrogen-bond donors (Lipinski definition) is 0. The van der Waals surface area contributed by atoms with Crippen molar-refractivity contribution in [3.8, 4) is 22.3 Å². The first kappa shape index (κ1) is 22.8. The maximum atomic E-state index is 12.3. The molecular formula is C29H32N2O2.